The zero-order valence-electron chi connectivity index (χ0n) is 26.7. The van der Waals surface area contributed by atoms with Crippen molar-refractivity contribution < 1.29 is 0 Å². The number of pyridine rings is 1. The van der Waals surface area contributed by atoms with Gasteiger partial charge in [0.25, 0.3) is 0 Å². The van der Waals surface area contributed by atoms with Gasteiger partial charge in [-0.3, -0.25) is 4.98 Å². The van der Waals surface area contributed by atoms with Crippen molar-refractivity contribution in [2.24, 2.45) is 0 Å². The molecule has 49 heavy (non-hydrogen) atoms. The summed E-state index contributed by atoms with van der Waals surface area (Å²) >= 11 is 0. The van der Waals surface area contributed by atoms with Crippen molar-refractivity contribution in [3.63, 3.8) is 0 Å². The second-order valence-electron chi connectivity index (χ2n) is 13.4. The van der Waals surface area contributed by atoms with E-state index in [0.717, 1.165) is 11.4 Å². The first kappa shape index (κ1) is 26.8. The van der Waals surface area contributed by atoms with E-state index in [1.54, 1.807) is 0 Å². The molecule has 1 aromatic heterocycles. The lowest BCUT2D eigenvalue weighted by Gasteiger charge is -2.32. The standard InChI is InChI=1S/C47H30N2/c1-3-16-36-32(12-1)33-13-2-4-17-37(33)46-44(36)38-26-23-29-28-30(41-21-11-22-43(49-41)42-20-9-10-27-48-42)24-25-31(29)45(38)47(46)39-18-7-5-14-34(39)35-15-6-8-19-40(35)47/h1-28,43,49H. The van der Waals surface area contributed by atoms with Crippen molar-refractivity contribution in [3.8, 4) is 22.3 Å². The molecule has 0 fully saturated rings. The minimum atomic E-state index is -0.461. The highest BCUT2D eigenvalue weighted by molar-refractivity contribution is 6.21. The van der Waals surface area contributed by atoms with Crippen LogP contribution in [0.1, 0.15) is 39.6 Å². The van der Waals surface area contributed by atoms with E-state index in [0.29, 0.717) is 0 Å². The topological polar surface area (TPSA) is 24.9 Å². The summed E-state index contributed by atoms with van der Waals surface area (Å²) in [5, 5.41) is 11.5. The summed E-state index contributed by atoms with van der Waals surface area (Å²) in [6.45, 7) is 0. The van der Waals surface area contributed by atoms with Gasteiger partial charge in [0.05, 0.1) is 17.2 Å². The third kappa shape index (κ3) is 3.48. The summed E-state index contributed by atoms with van der Waals surface area (Å²) < 4.78 is 0. The molecule has 1 N–H and O–H groups in total. The van der Waals surface area contributed by atoms with Crippen molar-refractivity contribution in [2.45, 2.75) is 11.5 Å². The van der Waals surface area contributed by atoms with Crippen LogP contribution in [0.3, 0.4) is 0 Å². The van der Waals surface area contributed by atoms with Crippen LogP contribution < -0.4 is 5.32 Å². The third-order valence-corrected chi connectivity index (χ3v) is 11.1. The van der Waals surface area contributed by atoms with Crippen LogP contribution >= 0.6 is 0 Å². The fourth-order valence-electron chi connectivity index (χ4n) is 9.26. The number of hydrogen-bond acceptors (Lipinski definition) is 2. The molecule has 0 radical (unpaired) electrons. The SMILES string of the molecule is C1=CC(c2ccccn2)NC(c2ccc3c4c(ccc3c2)-c2c(c3ccccc3c3ccccc23)C42c3ccccc3-c3ccccc32)=C1. The van der Waals surface area contributed by atoms with Crippen LogP contribution in [0, 0.1) is 0 Å². The van der Waals surface area contributed by atoms with Gasteiger partial charge in [-0.25, -0.2) is 0 Å². The Hall–Kier alpha value is -6.25. The molecule has 0 saturated carbocycles. The molecule has 1 unspecified atom stereocenters. The molecule has 2 nitrogen and oxygen atoms in total. The number of aromatic nitrogens is 1. The maximum absolute atomic E-state index is 4.62. The van der Waals surface area contributed by atoms with Crippen LogP contribution in [0.2, 0.25) is 0 Å². The normalized spacial score (nSPS) is 16.3. The first-order valence-electron chi connectivity index (χ1n) is 17.1. The number of dihydropyridines is 1. The van der Waals surface area contributed by atoms with E-state index in [4.69, 9.17) is 0 Å². The second kappa shape index (κ2) is 9.88. The van der Waals surface area contributed by atoms with E-state index in [-0.39, 0.29) is 6.04 Å². The highest BCUT2D eigenvalue weighted by atomic mass is 15.0. The highest BCUT2D eigenvalue weighted by Gasteiger charge is 2.53. The summed E-state index contributed by atoms with van der Waals surface area (Å²) in [6, 6.07) is 54.2. The van der Waals surface area contributed by atoms with Gasteiger partial charge in [-0.05, 0) is 107 Å². The molecule has 8 aromatic rings. The maximum Gasteiger partial charge on any atom is 0.0873 e. The smallest absolute Gasteiger partial charge is 0.0873 e. The monoisotopic (exact) mass is 622 g/mol. The number of allylic oxidation sites excluding steroid dienone is 2. The predicted molar refractivity (Wildman–Crippen MR) is 202 cm³/mol. The Morgan fingerprint density at radius 3 is 1.96 bits per heavy atom. The molecular formula is C47H30N2. The largest absolute Gasteiger partial charge is 0.373 e. The van der Waals surface area contributed by atoms with Crippen LogP contribution in [0.5, 0.6) is 0 Å². The number of nitrogens with zero attached hydrogens (tertiary/aromatic N) is 1. The van der Waals surface area contributed by atoms with Gasteiger partial charge in [0.15, 0.2) is 0 Å². The van der Waals surface area contributed by atoms with Crippen molar-refractivity contribution in [3.05, 3.63) is 204 Å². The van der Waals surface area contributed by atoms with Crippen molar-refractivity contribution in [1.82, 2.24) is 10.3 Å². The quantitative estimate of drug-likeness (QED) is 0.194. The van der Waals surface area contributed by atoms with Crippen molar-refractivity contribution in [1.29, 1.82) is 0 Å². The Morgan fingerprint density at radius 2 is 1.20 bits per heavy atom. The first-order chi connectivity index (χ1) is 24.3. The number of rotatable bonds is 2. The fraction of sp³-hybridized carbons (Fsp3) is 0.0426. The maximum atomic E-state index is 4.62. The molecule has 228 valence electrons. The zero-order valence-corrected chi connectivity index (χ0v) is 26.7. The number of fused-ring (bicyclic) bond motifs is 17. The average molecular weight is 623 g/mol. The predicted octanol–water partition coefficient (Wildman–Crippen LogP) is 11.1. The molecule has 11 rings (SSSR count). The molecule has 3 aliphatic rings. The van der Waals surface area contributed by atoms with E-state index >= 15 is 0 Å². The Kier molecular flexibility index (Phi) is 5.40. The Balaban J connectivity index is 1.23. The lowest BCUT2D eigenvalue weighted by Crippen LogP contribution is -2.26. The van der Waals surface area contributed by atoms with Crippen LogP contribution in [0.15, 0.2) is 170 Å². The average Bonchev–Trinajstić information content (AvgIpc) is 3.66. The Bertz CT molecular complexity index is 2710. The fourth-order valence-corrected chi connectivity index (χ4v) is 9.26. The molecule has 2 heteroatoms. The Labute approximate surface area is 284 Å². The van der Waals surface area contributed by atoms with Gasteiger partial charge in [-0.2, -0.15) is 0 Å². The lowest BCUT2D eigenvalue weighted by molar-refractivity contribution is 0.737. The molecule has 1 aliphatic heterocycles. The van der Waals surface area contributed by atoms with Crippen LogP contribution in [-0.4, -0.2) is 4.98 Å². The first-order valence-corrected chi connectivity index (χ1v) is 17.1. The second-order valence-corrected chi connectivity index (χ2v) is 13.4. The molecule has 1 spiro atoms. The van der Waals surface area contributed by atoms with E-state index in [2.05, 4.69) is 162 Å². The van der Waals surface area contributed by atoms with E-state index < -0.39 is 5.41 Å². The zero-order chi connectivity index (χ0) is 32.1. The summed E-state index contributed by atoms with van der Waals surface area (Å²) in [6.07, 6.45) is 8.35. The molecular weight excluding hydrogens is 593 g/mol. The van der Waals surface area contributed by atoms with Crippen LogP contribution in [0.25, 0.3) is 60.3 Å². The van der Waals surface area contributed by atoms with E-state index in [9.17, 15) is 0 Å². The number of nitrogens with one attached hydrogen (secondary N) is 1. The molecule has 0 bridgehead atoms. The van der Waals surface area contributed by atoms with Gasteiger partial charge in [0.1, 0.15) is 0 Å². The highest BCUT2D eigenvalue weighted by Crippen LogP contribution is 2.66. The Morgan fingerprint density at radius 1 is 0.531 bits per heavy atom. The molecule has 0 amide bonds. The number of benzene rings is 7. The molecule has 2 aliphatic carbocycles. The summed E-state index contributed by atoms with van der Waals surface area (Å²) in [5.41, 5.74) is 13.7. The van der Waals surface area contributed by atoms with Gasteiger partial charge in [-0.1, -0.05) is 140 Å². The minimum absolute atomic E-state index is 0.0303. The summed E-state index contributed by atoms with van der Waals surface area (Å²) in [5.74, 6) is 0. The van der Waals surface area contributed by atoms with Gasteiger partial charge in [0.2, 0.25) is 0 Å². The third-order valence-electron chi connectivity index (χ3n) is 11.1. The lowest BCUT2D eigenvalue weighted by atomic mass is 9.68. The van der Waals surface area contributed by atoms with Crippen LogP contribution in [-0.2, 0) is 5.41 Å². The summed E-state index contributed by atoms with van der Waals surface area (Å²) in [4.78, 5) is 4.62. The van der Waals surface area contributed by atoms with Gasteiger partial charge in [0, 0.05) is 11.9 Å². The summed E-state index contributed by atoms with van der Waals surface area (Å²) in [7, 11) is 0. The van der Waals surface area contributed by atoms with Gasteiger partial charge >= 0.3 is 0 Å². The van der Waals surface area contributed by atoms with Crippen molar-refractivity contribution in [2.75, 3.05) is 0 Å². The number of hydrogen-bond donors (Lipinski definition) is 1. The van der Waals surface area contributed by atoms with Gasteiger partial charge in [-0.15, -0.1) is 0 Å². The van der Waals surface area contributed by atoms with E-state index in [1.165, 1.54) is 82.4 Å². The van der Waals surface area contributed by atoms with Gasteiger partial charge < -0.3 is 5.32 Å². The molecule has 2 heterocycles. The van der Waals surface area contributed by atoms with Crippen molar-refractivity contribution >= 4 is 38.0 Å². The molecule has 1 atom stereocenters. The minimum Gasteiger partial charge on any atom is -0.373 e. The molecule has 7 aromatic carbocycles. The molecule has 0 saturated heterocycles. The van der Waals surface area contributed by atoms with E-state index in [1.807, 2.05) is 18.3 Å². The van der Waals surface area contributed by atoms with Crippen LogP contribution in [0.4, 0.5) is 0 Å².